The quantitative estimate of drug-likeness (QED) is 0.177. The van der Waals surface area contributed by atoms with Gasteiger partial charge in [0.25, 0.3) is 0 Å². The summed E-state index contributed by atoms with van der Waals surface area (Å²) in [6.07, 6.45) is 1.60. The number of likely N-dealkylation sites (N-methyl/N-ethyl adjacent to an activating group) is 1. The number of amides is 2. The lowest BCUT2D eigenvalue weighted by atomic mass is 10.0. The van der Waals surface area contributed by atoms with Gasteiger partial charge in [0, 0.05) is 48.1 Å². The number of benzene rings is 4. The lowest BCUT2D eigenvalue weighted by Gasteiger charge is -2.28. The molecule has 0 bridgehead atoms. The second-order valence-electron chi connectivity index (χ2n) is 11.1. The summed E-state index contributed by atoms with van der Waals surface area (Å²) in [4.78, 5) is 33.6. The van der Waals surface area contributed by atoms with E-state index in [4.69, 9.17) is 4.74 Å². The van der Waals surface area contributed by atoms with Crippen molar-refractivity contribution in [3.05, 3.63) is 125 Å². The van der Waals surface area contributed by atoms with Gasteiger partial charge in [-0.25, -0.2) is 13.2 Å². The minimum Gasteiger partial charge on any atom is -0.497 e. The molecule has 5 rings (SSSR count). The Morgan fingerprint density at radius 3 is 2.26 bits per heavy atom. The number of ether oxygens (including phenoxy) is 1. The number of nitriles is 1. The number of rotatable bonds is 12. The number of methoxy groups -OCH3 is 1. The van der Waals surface area contributed by atoms with E-state index in [1.165, 1.54) is 29.2 Å². The Balaban J connectivity index is 1.39. The summed E-state index contributed by atoms with van der Waals surface area (Å²) >= 11 is 0. The van der Waals surface area contributed by atoms with Crippen molar-refractivity contribution in [3.63, 3.8) is 0 Å². The largest absolute Gasteiger partial charge is 0.497 e. The first-order valence-electron chi connectivity index (χ1n) is 14.8. The molecule has 1 atom stereocenters. The number of hydrogen-bond donors (Lipinski definition) is 2. The van der Waals surface area contributed by atoms with Gasteiger partial charge in [0.2, 0.25) is 11.8 Å². The molecule has 240 valence electrons. The summed E-state index contributed by atoms with van der Waals surface area (Å²) in [7, 11) is 3.39. The Morgan fingerprint density at radius 2 is 1.60 bits per heavy atom. The maximum absolute atomic E-state index is 14.1. The topological polar surface area (TPSA) is 101 Å². The Hall–Kier alpha value is -5.76. The van der Waals surface area contributed by atoms with E-state index in [9.17, 15) is 28.0 Å². The van der Waals surface area contributed by atoms with Gasteiger partial charge in [-0.15, -0.1) is 0 Å². The molecule has 0 aliphatic rings. The number of anilines is 2. The molecule has 8 nitrogen and oxygen atoms in total. The van der Waals surface area contributed by atoms with Gasteiger partial charge in [0.05, 0.1) is 31.2 Å². The van der Waals surface area contributed by atoms with Crippen LogP contribution in [0.1, 0.15) is 16.7 Å². The average Bonchev–Trinajstić information content (AvgIpc) is 3.44. The predicted molar refractivity (Wildman–Crippen MR) is 174 cm³/mol. The summed E-state index contributed by atoms with van der Waals surface area (Å²) in [5.41, 5.74) is 3.14. The molecule has 1 heterocycles. The third kappa shape index (κ3) is 8.29. The molecule has 1 aromatic heterocycles. The zero-order chi connectivity index (χ0) is 33.5. The van der Waals surface area contributed by atoms with E-state index in [0.717, 1.165) is 11.8 Å². The first kappa shape index (κ1) is 32.6. The van der Waals surface area contributed by atoms with Crippen LogP contribution in [0.5, 0.6) is 5.75 Å². The highest BCUT2D eigenvalue weighted by Crippen LogP contribution is 2.23. The highest BCUT2D eigenvalue weighted by atomic mass is 19.1. The van der Waals surface area contributed by atoms with Gasteiger partial charge >= 0.3 is 0 Å². The molecule has 4 aromatic carbocycles. The lowest BCUT2D eigenvalue weighted by Crippen LogP contribution is -2.49. The van der Waals surface area contributed by atoms with Crippen LogP contribution in [0.25, 0.3) is 10.9 Å². The highest BCUT2D eigenvalue weighted by Gasteiger charge is 2.24. The standard InChI is InChI=1S/C36H32F3N5O3/c1-43(30-8-10-32(47-2)11-9-30)21-29(15-24-13-27(38)17-28(39)14-24)42-35(45)22-44(31-6-3-23(19-40)4-7-31)36(46)16-25-20-41-34-12-5-26(37)18-33(25)34/h3-14,17-18,20,29,41H,15-16,21-22H2,1-2H3,(H,42,45)/t29-/m0/s1. The van der Waals surface area contributed by atoms with Crippen LogP contribution in [-0.2, 0) is 22.4 Å². The number of H-pyrrole nitrogens is 1. The first-order valence-corrected chi connectivity index (χ1v) is 14.8. The summed E-state index contributed by atoms with van der Waals surface area (Å²) in [6.45, 7) is -0.121. The number of aromatic nitrogens is 1. The maximum atomic E-state index is 14.1. The van der Waals surface area contributed by atoms with Gasteiger partial charge in [-0.05, 0) is 96.4 Å². The van der Waals surface area contributed by atoms with Crippen LogP contribution >= 0.6 is 0 Å². The Bertz CT molecular complexity index is 1900. The van der Waals surface area contributed by atoms with Crippen LogP contribution in [0.2, 0.25) is 0 Å². The Labute approximate surface area is 270 Å². The minimum atomic E-state index is -0.733. The number of fused-ring (bicyclic) bond motifs is 1. The fourth-order valence-electron chi connectivity index (χ4n) is 5.46. The molecule has 0 saturated heterocycles. The molecular formula is C36H32F3N5O3. The number of hydrogen-bond acceptors (Lipinski definition) is 5. The van der Waals surface area contributed by atoms with Gasteiger partial charge in [-0.3, -0.25) is 9.59 Å². The van der Waals surface area contributed by atoms with Gasteiger partial charge in [-0.1, -0.05) is 0 Å². The van der Waals surface area contributed by atoms with Crippen LogP contribution in [0.4, 0.5) is 24.5 Å². The average molecular weight is 640 g/mol. The van der Waals surface area contributed by atoms with Crippen molar-refractivity contribution in [1.82, 2.24) is 10.3 Å². The summed E-state index contributed by atoms with van der Waals surface area (Å²) in [6, 6.07) is 22.4. The van der Waals surface area contributed by atoms with Crippen molar-refractivity contribution < 1.29 is 27.5 Å². The molecule has 0 unspecified atom stereocenters. The van der Waals surface area contributed by atoms with E-state index in [1.807, 2.05) is 30.1 Å². The van der Waals surface area contributed by atoms with E-state index in [2.05, 4.69) is 10.3 Å². The predicted octanol–water partition coefficient (Wildman–Crippen LogP) is 5.91. The molecule has 2 amide bonds. The fraction of sp³-hybridized carbons (Fsp3) is 0.194. The molecule has 0 aliphatic carbocycles. The third-order valence-electron chi connectivity index (χ3n) is 7.76. The zero-order valence-electron chi connectivity index (χ0n) is 25.8. The van der Waals surface area contributed by atoms with Crippen molar-refractivity contribution in [2.24, 2.45) is 0 Å². The fourth-order valence-corrected chi connectivity index (χ4v) is 5.46. The smallest absolute Gasteiger partial charge is 0.240 e. The number of nitrogens with one attached hydrogen (secondary N) is 2. The van der Waals surface area contributed by atoms with Crippen molar-refractivity contribution >= 4 is 34.1 Å². The molecule has 0 spiro atoms. The zero-order valence-corrected chi connectivity index (χ0v) is 25.8. The minimum absolute atomic E-state index is 0.104. The van der Waals surface area contributed by atoms with Crippen molar-refractivity contribution in [3.8, 4) is 11.8 Å². The lowest BCUT2D eigenvalue weighted by molar-refractivity contribution is -0.124. The first-order chi connectivity index (χ1) is 22.6. The van der Waals surface area contributed by atoms with E-state index in [0.29, 0.717) is 39.0 Å². The SMILES string of the molecule is COc1ccc(N(C)C[C@H](Cc2cc(F)cc(F)c2)NC(=O)CN(C(=O)Cc2c[nH]c3ccc(F)cc23)c2ccc(C#N)cc2)cc1. The molecule has 5 aromatic rings. The molecule has 0 radical (unpaired) electrons. The van der Waals surface area contributed by atoms with Gasteiger partial charge in [0.1, 0.15) is 29.7 Å². The molecule has 0 aliphatic heterocycles. The molecule has 47 heavy (non-hydrogen) atoms. The second-order valence-corrected chi connectivity index (χ2v) is 11.1. The van der Waals surface area contributed by atoms with Crippen LogP contribution in [0.3, 0.4) is 0 Å². The molecule has 2 N–H and O–H groups in total. The van der Waals surface area contributed by atoms with Gasteiger partial charge < -0.3 is 24.8 Å². The van der Waals surface area contributed by atoms with E-state index >= 15 is 0 Å². The normalized spacial score (nSPS) is 11.5. The van der Waals surface area contributed by atoms with Crippen molar-refractivity contribution in [2.45, 2.75) is 18.9 Å². The Kier molecular flexibility index (Phi) is 10.1. The van der Waals surface area contributed by atoms with Crippen LogP contribution in [0.15, 0.2) is 91.1 Å². The number of carbonyl (C=O) groups excluding carboxylic acids is 2. The van der Waals surface area contributed by atoms with Crippen molar-refractivity contribution in [2.75, 3.05) is 37.0 Å². The summed E-state index contributed by atoms with van der Waals surface area (Å²) in [5.74, 6) is -2.19. The van der Waals surface area contributed by atoms with Crippen LogP contribution in [0, 0.1) is 28.8 Å². The molecule has 11 heteroatoms. The molecular weight excluding hydrogens is 607 g/mol. The maximum Gasteiger partial charge on any atom is 0.240 e. The Morgan fingerprint density at radius 1 is 0.915 bits per heavy atom. The van der Waals surface area contributed by atoms with E-state index < -0.39 is 35.3 Å². The summed E-state index contributed by atoms with van der Waals surface area (Å²) < 4.78 is 47.4. The molecule has 0 fully saturated rings. The van der Waals surface area contributed by atoms with E-state index in [1.54, 1.807) is 55.8 Å². The highest BCUT2D eigenvalue weighted by molar-refractivity contribution is 6.01. The van der Waals surface area contributed by atoms with Crippen LogP contribution < -0.4 is 19.9 Å². The van der Waals surface area contributed by atoms with Crippen LogP contribution in [-0.4, -0.2) is 50.1 Å². The molecule has 0 saturated carbocycles. The number of nitrogens with zero attached hydrogens (tertiary/aromatic N) is 3. The van der Waals surface area contributed by atoms with Crippen molar-refractivity contribution in [1.29, 1.82) is 5.26 Å². The third-order valence-corrected chi connectivity index (χ3v) is 7.76. The van der Waals surface area contributed by atoms with Gasteiger partial charge in [-0.2, -0.15) is 5.26 Å². The second kappa shape index (κ2) is 14.6. The number of aromatic amines is 1. The van der Waals surface area contributed by atoms with E-state index in [-0.39, 0.29) is 25.9 Å². The monoisotopic (exact) mass is 639 g/mol. The van der Waals surface area contributed by atoms with Gasteiger partial charge in [0.15, 0.2) is 0 Å². The number of carbonyl (C=O) groups is 2. The number of halogens is 3. The summed E-state index contributed by atoms with van der Waals surface area (Å²) in [5, 5.41) is 12.8.